The van der Waals surface area contributed by atoms with Gasteiger partial charge in [-0.2, -0.15) is 8.42 Å². The first-order valence-corrected chi connectivity index (χ1v) is 11.5. The highest BCUT2D eigenvalue weighted by Crippen LogP contribution is 2.44. The summed E-state index contributed by atoms with van der Waals surface area (Å²) in [6.07, 6.45) is -0.701. The molecular formula is C23H19FN4O5S. The van der Waals surface area contributed by atoms with Crippen LogP contribution in [0.2, 0.25) is 0 Å². The van der Waals surface area contributed by atoms with Crippen molar-refractivity contribution in [2.45, 2.75) is 19.4 Å². The van der Waals surface area contributed by atoms with Gasteiger partial charge in [0.25, 0.3) is 0 Å². The second-order valence-corrected chi connectivity index (χ2v) is 8.54. The molecule has 0 unspecified atom stereocenters. The van der Waals surface area contributed by atoms with Gasteiger partial charge in [-0.05, 0) is 52.4 Å². The van der Waals surface area contributed by atoms with Gasteiger partial charge in [0.1, 0.15) is 12.4 Å². The lowest BCUT2D eigenvalue weighted by molar-refractivity contribution is 0.142. The van der Waals surface area contributed by atoms with Crippen molar-refractivity contribution < 1.29 is 26.0 Å². The molecule has 1 N–H and O–H groups in total. The molecule has 0 atom stereocenters. The summed E-state index contributed by atoms with van der Waals surface area (Å²) < 4.78 is 44.6. The Labute approximate surface area is 195 Å². The zero-order valence-corrected chi connectivity index (χ0v) is 18.8. The van der Waals surface area contributed by atoms with E-state index < -0.39 is 16.6 Å². The number of amides is 1. The smallest absolute Gasteiger partial charge is 0.449 e. The average molecular weight is 482 g/mol. The van der Waals surface area contributed by atoms with Gasteiger partial charge in [0.05, 0.1) is 0 Å². The number of nitrogens with zero attached hydrogens (tertiary/aromatic N) is 3. The van der Waals surface area contributed by atoms with Crippen LogP contribution in [0.4, 0.5) is 14.4 Å². The first-order chi connectivity index (χ1) is 16.3. The zero-order chi connectivity index (χ0) is 24.3. The highest BCUT2D eigenvalue weighted by Gasteiger charge is 2.29. The average Bonchev–Trinajstić information content (AvgIpc) is 3.12. The number of halogens is 1. The van der Waals surface area contributed by atoms with Crippen LogP contribution in [0.25, 0.3) is 21.6 Å². The number of alkyl carbamates (subject to hydrolysis) is 1. The minimum Gasteiger partial charge on any atom is -0.449 e. The van der Waals surface area contributed by atoms with Gasteiger partial charge in [0.15, 0.2) is 0 Å². The molecule has 0 heterocycles. The molecule has 4 rings (SSSR count). The molecule has 34 heavy (non-hydrogen) atoms. The van der Waals surface area contributed by atoms with Crippen LogP contribution in [0.5, 0.6) is 5.75 Å². The van der Waals surface area contributed by atoms with E-state index in [-0.39, 0.29) is 36.1 Å². The molecule has 3 aromatic carbocycles. The Morgan fingerprint density at radius 2 is 1.74 bits per heavy atom. The molecule has 0 aliphatic heterocycles. The Morgan fingerprint density at radius 3 is 2.32 bits per heavy atom. The van der Waals surface area contributed by atoms with Crippen molar-refractivity contribution in [3.8, 4) is 16.9 Å². The summed E-state index contributed by atoms with van der Waals surface area (Å²) in [6.45, 7) is 1.42. The topological polar surface area (TPSA) is 130 Å². The summed E-state index contributed by atoms with van der Waals surface area (Å²) in [5.74, 6) is -0.458. The molecule has 0 aromatic heterocycles. The van der Waals surface area contributed by atoms with E-state index in [4.69, 9.17) is 10.3 Å². The number of nitrogens with one attached hydrogen (secondary N) is 1. The fourth-order valence-electron chi connectivity index (χ4n) is 4.00. The second kappa shape index (κ2) is 9.42. The lowest BCUT2D eigenvalue weighted by Crippen LogP contribution is -2.25. The number of rotatable bonds is 7. The summed E-state index contributed by atoms with van der Waals surface area (Å²) in [5.41, 5.74) is 13.6. The number of hydrogen-bond donors (Lipinski definition) is 1. The fourth-order valence-corrected chi connectivity index (χ4v) is 4.39. The lowest BCUT2D eigenvalue weighted by atomic mass is 9.98. The standard InChI is InChI=1S/C23H19FN4O5S/c1-14-21(27-28-25)10-15(11-22(14)33-34(24,30)31)12-26-23(29)32-13-20-18-8-4-2-6-16(18)17-7-3-5-9-19(17)20/h2-11,20H,12-13H2,1H3,(H,26,29). The maximum atomic E-state index is 13.0. The van der Waals surface area contributed by atoms with E-state index in [9.17, 15) is 17.1 Å². The van der Waals surface area contributed by atoms with Crippen LogP contribution in [0.1, 0.15) is 28.2 Å². The third-order valence-electron chi connectivity index (χ3n) is 5.51. The molecule has 0 saturated carbocycles. The summed E-state index contributed by atoms with van der Waals surface area (Å²) in [5, 5.41) is 6.01. The van der Waals surface area contributed by atoms with Gasteiger partial charge >= 0.3 is 16.6 Å². The van der Waals surface area contributed by atoms with Crippen LogP contribution >= 0.6 is 0 Å². The molecule has 9 nitrogen and oxygen atoms in total. The van der Waals surface area contributed by atoms with Crippen LogP contribution < -0.4 is 9.50 Å². The van der Waals surface area contributed by atoms with Crippen molar-refractivity contribution in [3.63, 3.8) is 0 Å². The number of benzene rings is 3. The van der Waals surface area contributed by atoms with E-state index in [0.717, 1.165) is 22.3 Å². The van der Waals surface area contributed by atoms with Gasteiger partial charge in [-0.1, -0.05) is 57.5 Å². The van der Waals surface area contributed by atoms with E-state index in [0.29, 0.717) is 5.56 Å². The van der Waals surface area contributed by atoms with Gasteiger partial charge in [0.2, 0.25) is 0 Å². The Balaban J connectivity index is 1.45. The van der Waals surface area contributed by atoms with Crippen molar-refractivity contribution in [2.24, 2.45) is 5.11 Å². The molecule has 174 valence electrons. The molecule has 1 amide bonds. The maximum absolute atomic E-state index is 13.0. The molecule has 0 saturated heterocycles. The number of fused-ring (bicyclic) bond motifs is 3. The van der Waals surface area contributed by atoms with Gasteiger partial charge in [0, 0.05) is 28.6 Å². The first kappa shape index (κ1) is 23.1. The normalized spacial score (nSPS) is 12.3. The van der Waals surface area contributed by atoms with Crippen LogP contribution in [0.15, 0.2) is 65.8 Å². The van der Waals surface area contributed by atoms with Crippen molar-refractivity contribution >= 4 is 22.3 Å². The molecule has 0 bridgehead atoms. The van der Waals surface area contributed by atoms with Crippen LogP contribution in [-0.2, 0) is 21.8 Å². The highest BCUT2D eigenvalue weighted by molar-refractivity contribution is 7.81. The lowest BCUT2D eigenvalue weighted by Gasteiger charge is -2.15. The predicted octanol–water partition coefficient (Wildman–Crippen LogP) is 5.57. The minimum atomic E-state index is -5.29. The summed E-state index contributed by atoms with van der Waals surface area (Å²) >= 11 is 0. The molecule has 0 spiro atoms. The Kier molecular flexibility index (Phi) is 6.40. The van der Waals surface area contributed by atoms with Crippen LogP contribution in [-0.4, -0.2) is 21.1 Å². The quantitative estimate of drug-likeness (QED) is 0.204. The SMILES string of the molecule is Cc1c(N=[N+]=[N-])cc(CNC(=O)OCC2c3ccccc3-c3ccccc32)cc1OS(=O)(=O)F. The fraction of sp³-hybridized carbons (Fsp3) is 0.174. The van der Waals surface area contributed by atoms with Crippen LogP contribution in [0, 0.1) is 6.92 Å². The Bertz CT molecular complexity index is 1380. The predicted molar refractivity (Wildman–Crippen MR) is 123 cm³/mol. The third-order valence-corrected chi connectivity index (χ3v) is 5.89. The number of azide groups is 1. The molecule has 0 radical (unpaired) electrons. The largest absolute Gasteiger partial charge is 0.488 e. The van der Waals surface area contributed by atoms with E-state index in [1.165, 1.54) is 19.1 Å². The van der Waals surface area contributed by atoms with Gasteiger partial charge < -0.3 is 14.2 Å². The van der Waals surface area contributed by atoms with Gasteiger partial charge in [-0.3, -0.25) is 0 Å². The third kappa shape index (κ3) is 4.95. The van der Waals surface area contributed by atoms with E-state index in [1.807, 2.05) is 48.5 Å². The molecule has 11 heteroatoms. The van der Waals surface area contributed by atoms with E-state index in [2.05, 4.69) is 19.5 Å². The maximum Gasteiger partial charge on any atom is 0.488 e. The van der Waals surface area contributed by atoms with Crippen LogP contribution in [0.3, 0.4) is 0 Å². The monoisotopic (exact) mass is 482 g/mol. The van der Waals surface area contributed by atoms with E-state index in [1.54, 1.807) is 0 Å². The number of ether oxygens (including phenoxy) is 1. The number of hydrogen-bond acceptors (Lipinski definition) is 6. The summed E-state index contributed by atoms with van der Waals surface area (Å²) in [6, 6.07) is 18.5. The van der Waals surface area contributed by atoms with Crippen molar-refractivity contribution in [2.75, 3.05) is 6.61 Å². The highest BCUT2D eigenvalue weighted by atomic mass is 32.3. The molecule has 3 aromatic rings. The molecule has 0 fully saturated rings. The molecule has 1 aliphatic carbocycles. The molecular weight excluding hydrogens is 463 g/mol. The summed E-state index contributed by atoms with van der Waals surface area (Å²) in [4.78, 5) is 15.1. The Morgan fingerprint density at radius 1 is 1.12 bits per heavy atom. The first-order valence-electron chi connectivity index (χ1n) is 10.2. The van der Waals surface area contributed by atoms with Crippen molar-refractivity contribution in [1.29, 1.82) is 0 Å². The number of carbonyl (C=O) groups is 1. The second-order valence-electron chi connectivity index (χ2n) is 7.58. The van der Waals surface area contributed by atoms with Gasteiger partial charge in [-0.25, -0.2) is 4.79 Å². The zero-order valence-electron chi connectivity index (χ0n) is 17.9. The summed E-state index contributed by atoms with van der Waals surface area (Å²) in [7, 11) is -5.29. The Hall–Kier alpha value is -4.08. The minimum absolute atomic E-state index is 0.0352. The van der Waals surface area contributed by atoms with E-state index >= 15 is 0 Å². The van der Waals surface area contributed by atoms with Crippen molar-refractivity contribution in [3.05, 3.63) is 93.4 Å². The van der Waals surface area contributed by atoms with Gasteiger partial charge in [-0.15, -0.1) is 0 Å². The molecule has 1 aliphatic rings. The van der Waals surface area contributed by atoms with Crippen molar-refractivity contribution in [1.82, 2.24) is 5.32 Å². The number of carbonyl (C=O) groups excluding carboxylic acids is 1.